The average Bonchev–Trinajstić information content (AvgIpc) is 2.38. The van der Waals surface area contributed by atoms with Crippen molar-refractivity contribution >= 4 is 17.8 Å². The van der Waals surface area contributed by atoms with E-state index < -0.39 is 35.5 Å². The molecule has 0 saturated heterocycles. The van der Waals surface area contributed by atoms with Crippen molar-refractivity contribution in [3.63, 3.8) is 0 Å². The third kappa shape index (κ3) is 7.97. The minimum absolute atomic E-state index is 0.0381. The molecule has 2 atom stereocenters. The van der Waals surface area contributed by atoms with Crippen LogP contribution in [0.5, 0.6) is 0 Å². The van der Waals surface area contributed by atoms with Crippen LogP contribution in [-0.2, 0) is 23.9 Å². The maximum absolute atomic E-state index is 12.0. The van der Waals surface area contributed by atoms with Crippen molar-refractivity contribution < 1.29 is 23.9 Å². The molecule has 0 radical (unpaired) electrons. The fourth-order valence-corrected chi connectivity index (χ4v) is 1.68. The zero-order valence-electron chi connectivity index (χ0n) is 14.3. The summed E-state index contributed by atoms with van der Waals surface area (Å²) in [6.45, 7) is 8.87. The topological polar surface area (TPSA) is 108 Å². The third-order valence-electron chi connectivity index (χ3n) is 2.84. The maximum atomic E-state index is 12.0. The number of nitrogens with two attached hydrogens (primary N) is 1. The van der Waals surface area contributed by atoms with E-state index in [1.54, 1.807) is 34.6 Å². The molecule has 0 aromatic carbocycles. The molecule has 22 heavy (non-hydrogen) atoms. The average molecular weight is 316 g/mol. The van der Waals surface area contributed by atoms with Crippen LogP contribution in [0, 0.1) is 5.92 Å². The first-order chi connectivity index (χ1) is 9.97. The van der Waals surface area contributed by atoms with E-state index in [1.165, 1.54) is 7.11 Å². The number of hydrogen-bond acceptors (Lipinski definition) is 6. The van der Waals surface area contributed by atoms with Crippen LogP contribution in [0.1, 0.15) is 47.5 Å². The standard InChI is InChI=1S/C15H28N2O5/c1-9(2)12(14(20)21-6)17-13(19)10(16)7-8-11(18)22-15(3,4)5/h9-10,12H,7-8,16H2,1-6H3,(H,17,19)/t10-,12-/m0/s1. The van der Waals surface area contributed by atoms with Gasteiger partial charge in [-0.15, -0.1) is 0 Å². The molecule has 0 spiro atoms. The molecule has 0 rings (SSSR count). The Balaban J connectivity index is 4.42. The van der Waals surface area contributed by atoms with E-state index in [2.05, 4.69) is 10.1 Å². The fraction of sp³-hybridized carbons (Fsp3) is 0.800. The highest BCUT2D eigenvalue weighted by molar-refractivity contribution is 5.87. The molecule has 0 bridgehead atoms. The SMILES string of the molecule is COC(=O)[C@@H](NC(=O)[C@@H](N)CCC(=O)OC(C)(C)C)C(C)C. The molecule has 0 heterocycles. The van der Waals surface area contributed by atoms with Gasteiger partial charge in [0.05, 0.1) is 13.2 Å². The second-order valence-electron chi connectivity index (χ2n) is 6.49. The van der Waals surface area contributed by atoms with Crippen molar-refractivity contribution in [1.82, 2.24) is 5.32 Å². The minimum atomic E-state index is -0.890. The number of ether oxygens (including phenoxy) is 2. The second kappa shape index (κ2) is 8.73. The van der Waals surface area contributed by atoms with Gasteiger partial charge in [0.25, 0.3) is 0 Å². The van der Waals surface area contributed by atoms with Crippen molar-refractivity contribution in [3.8, 4) is 0 Å². The summed E-state index contributed by atoms with van der Waals surface area (Å²) >= 11 is 0. The Hall–Kier alpha value is -1.63. The minimum Gasteiger partial charge on any atom is -0.467 e. The molecule has 0 aliphatic heterocycles. The largest absolute Gasteiger partial charge is 0.467 e. The van der Waals surface area contributed by atoms with E-state index in [9.17, 15) is 14.4 Å². The van der Waals surface area contributed by atoms with Crippen molar-refractivity contribution in [2.24, 2.45) is 11.7 Å². The summed E-state index contributed by atoms with van der Waals surface area (Å²) < 4.78 is 9.78. The lowest BCUT2D eigenvalue weighted by atomic mass is 10.0. The highest BCUT2D eigenvalue weighted by Crippen LogP contribution is 2.10. The van der Waals surface area contributed by atoms with Crippen molar-refractivity contribution in [1.29, 1.82) is 0 Å². The fourth-order valence-electron chi connectivity index (χ4n) is 1.68. The van der Waals surface area contributed by atoms with Gasteiger partial charge in [0.15, 0.2) is 0 Å². The van der Waals surface area contributed by atoms with Gasteiger partial charge >= 0.3 is 11.9 Å². The molecular formula is C15H28N2O5. The lowest BCUT2D eigenvalue weighted by Crippen LogP contribution is -2.51. The Morgan fingerprint density at radius 3 is 2.14 bits per heavy atom. The number of nitrogens with one attached hydrogen (secondary N) is 1. The quantitative estimate of drug-likeness (QED) is 0.671. The molecule has 128 valence electrons. The summed E-state index contributed by atoms with van der Waals surface area (Å²) in [5.41, 5.74) is 5.18. The van der Waals surface area contributed by atoms with Crippen molar-refractivity contribution in [2.75, 3.05) is 7.11 Å². The van der Waals surface area contributed by atoms with Crippen LogP contribution in [0.3, 0.4) is 0 Å². The molecule has 0 saturated carbocycles. The number of esters is 2. The Kier molecular flexibility index (Phi) is 8.08. The smallest absolute Gasteiger partial charge is 0.328 e. The normalized spacial score (nSPS) is 14.2. The Bertz CT molecular complexity index is 401. The first-order valence-corrected chi connectivity index (χ1v) is 7.33. The zero-order valence-corrected chi connectivity index (χ0v) is 14.3. The van der Waals surface area contributed by atoms with Crippen LogP contribution in [0.15, 0.2) is 0 Å². The molecule has 7 nitrogen and oxygen atoms in total. The molecule has 0 aliphatic rings. The first kappa shape index (κ1) is 20.4. The number of hydrogen-bond donors (Lipinski definition) is 2. The maximum Gasteiger partial charge on any atom is 0.328 e. The lowest BCUT2D eigenvalue weighted by molar-refractivity contribution is -0.155. The number of carbonyl (C=O) groups is 3. The van der Waals surface area contributed by atoms with E-state index in [4.69, 9.17) is 10.5 Å². The van der Waals surface area contributed by atoms with Gasteiger partial charge in [-0.05, 0) is 33.1 Å². The van der Waals surface area contributed by atoms with E-state index in [0.29, 0.717) is 0 Å². The molecule has 7 heteroatoms. The van der Waals surface area contributed by atoms with E-state index in [0.717, 1.165) is 0 Å². The molecule has 0 unspecified atom stereocenters. The van der Waals surface area contributed by atoms with Crippen LogP contribution in [0.4, 0.5) is 0 Å². The number of amides is 1. The third-order valence-corrected chi connectivity index (χ3v) is 2.84. The Labute approximate surface area is 131 Å². The van der Waals surface area contributed by atoms with Gasteiger partial charge in [-0.1, -0.05) is 13.8 Å². The van der Waals surface area contributed by atoms with Gasteiger partial charge in [-0.3, -0.25) is 9.59 Å². The van der Waals surface area contributed by atoms with Gasteiger partial charge in [-0.25, -0.2) is 4.79 Å². The van der Waals surface area contributed by atoms with Crippen LogP contribution in [-0.4, -0.2) is 42.6 Å². The molecule has 0 fully saturated rings. The van der Waals surface area contributed by atoms with Crippen LogP contribution in [0.25, 0.3) is 0 Å². The first-order valence-electron chi connectivity index (χ1n) is 7.33. The molecule has 0 aliphatic carbocycles. The summed E-state index contributed by atoms with van der Waals surface area (Å²) in [4.78, 5) is 35.1. The molecule has 1 amide bonds. The molecule has 0 aromatic rings. The highest BCUT2D eigenvalue weighted by Gasteiger charge is 2.27. The summed E-state index contributed by atoms with van der Waals surface area (Å²) in [5, 5.41) is 2.55. The predicted octanol–water partition coefficient (Wildman–Crippen LogP) is 0.749. The summed E-state index contributed by atoms with van der Waals surface area (Å²) in [7, 11) is 1.26. The van der Waals surface area contributed by atoms with E-state index in [-0.39, 0.29) is 18.8 Å². The summed E-state index contributed by atoms with van der Waals surface area (Å²) in [6.07, 6.45) is 0.184. The molecule has 0 aromatic heterocycles. The highest BCUT2D eigenvalue weighted by atomic mass is 16.6. The van der Waals surface area contributed by atoms with Gasteiger partial charge < -0.3 is 20.5 Å². The van der Waals surface area contributed by atoms with Crippen LogP contribution in [0.2, 0.25) is 0 Å². The monoisotopic (exact) mass is 316 g/mol. The predicted molar refractivity (Wildman–Crippen MR) is 81.8 cm³/mol. The second-order valence-corrected chi connectivity index (χ2v) is 6.49. The zero-order chi connectivity index (χ0) is 17.5. The van der Waals surface area contributed by atoms with E-state index in [1.807, 2.05) is 0 Å². The van der Waals surface area contributed by atoms with E-state index >= 15 is 0 Å². The molecular weight excluding hydrogens is 288 g/mol. The number of carbonyl (C=O) groups excluding carboxylic acids is 3. The van der Waals surface area contributed by atoms with Crippen molar-refractivity contribution in [3.05, 3.63) is 0 Å². The summed E-state index contributed by atoms with van der Waals surface area (Å²) in [6, 6.07) is -1.65. The Morgan fingerprint density at radius 1 is 1.18 bits per heavy atom. The van der Waals surface area contributed by atoms with Crippen LogP contribution < -0.4 is 11.1 Å². The molecule has 3 N–H and O–H groups in total. The van der Waals surface area contributed by atoms with Gasteiger partial charge in [0, 0.05) is 6.42 Å². The van der Waals surface area contributed by atoms with Gasteiger partial charge in [-0.2, -0.15) is 0 Å². The lowest BCUT2D eigenvalue weighted by Gasteiger charge is -2.22. The summed E-state index contributed by atoms with van der Waals surface area (Å²) in [5.74, 6) is -1.56. The van der Waals surface area contributed by atoms with Gasteiger partial charge in [0.1, 0.15) is 11.6 Å². The van der Waals surface area contributed by atoms with Crippen molar-refractivity contribution in [2.45, 2.75) is 65.1 Å². The number of methoxy groups -OCH3 is 1. The number of rotatable bonds is 7. The van der Waals surface area contributed by atoms with Crippen LogP contribution >= 0.6 is 0 Å². The van der Waals surface area contributed by atoms with Gasteiger partial charge in [0.2, 0.25) is 5.91 Å². The Morgan fingerprint density at radius 2 is 1.73 bits per heavy atom.